The summed E-state index contributed by atoms with van der Waals surface area (Å²) in [6.45, 7) is 1.12. The average molecular weight is 346 g/mol. The number of ether oxygens (including phenoxy) is 2. The summed E-state index contributed by atoms with van der Waals surface area (Å²) in [6, 6.07) is 5.26. The van der Waals surface area contributed by atoms with Crippen LogP contribution in [-0.4, -0.2) is 54.2 Å². The lowest BCUT2D eigenvalue weighted by atomic mass is 10.1. The standard InChI is InChI=1S/C17H18N2O6/c20-15-5-11(16(21)18-4-3-10(7-18)17(22)23)8-19(15)12-1-2-13-14(6-12)25-9-24-13/h1-2,6,10-11H,3-5,7-9H2,(H,22,23). The molecule has 3 aliphatic rings. The minimum Gasteiger partial charge on any atom is -0.481 e. The molecule has 1 aromatic rings. The molecule has 2 unspecified atom stereocenters. The molecule has 0 aromatic heterocycles. The van der Waals surface area contributed by atoms with Gasteiger partial charge in [-0.25, -0.2) is 0 Å². The van der Waals surface area contributed by atoms with Gasteiger partial charge >= 0.3 is 5.97 Å². The predicted octanol–water partition coefficient (Wildman–Crippen LogP) is 0.701. The maximum Gasteiger partial charge on any atom is 0.308 e. The Morgan fingerprint density at radius 3 is 2.68 bits per heavy atom. The van der Waals surface area contributed by atoms with Crippen LogP contribution in [0.4, 0.5) is 5.69 Å². The molecule has 2 atom stereocenters. The second kappa shape index (κ2) is 5.94. The van der Waals surface area contributed by atoms with Crippen LogP contribution in [0.1, 0.15) is 12.8 Å². The molecule has 3 aliphatic heterocycles. The number of fused-ring (bicyclic) bond motifs is 1. The van der Waals surface area contributed by atoms with E-state index in [0.717, 1.165) is 0 Å². The number of anilines is 1. The van der Waals surface area contributed by atoms with Gasteiger partial charge in [-0.3, -0.25) is 14.4 Å². The second-order valence-corrected chi connectivity index (χ2v) is 6.55. The number of carboxylic acid groups (broad SMARTS) is 1. The minimum atomic E-state index is -0.875. The van der Waals surface area contributed by atoms with Crippen molar-refractivity contribution in [2.24, 2.45) is 11.8 Å². The first-order chi connectivity index (χ1) is 12.0. The Morgan fingerprint density at radius 1 is 1.12 bits per heavy atom. The monoisotopic (exact) mass is 346 g/mol. The zero-order valence-electron chi connectivity index (χ0n) is 13.5. The molecule has 2 amide bonds. The van der Waals surface area contributed by atoms with E-state index in [9.17, 15) is 14.4 Å². The van der Waals surface area contributed by atoms with Crippen LogP contribution >= 0.6 is 0 Å². The number of aliphatic carboxylic acids is 1. The normalized spacial score (nSPS) is 24.9. The Balaban J connectivity index is 1.45. The Hall–Kier alpha value is -2.77. The van der Waals surface area contributed by atoms with Crippen LogP contribution in [-0.2, 0) is 14.4 Å². The van der Waals surface area contributed by atoms with Crippen LogP contribution < -0.4 is 14.4 Å². The lowest BCUT2D eigenvalue weighted by Crippen LogP contribution is -2.36. The van der Waals surface area contributed by atoms with Crippen LogP contribution in [0.25, 0.3) is 0 Å². The van der Waals surface area contributed by atoms with Crippen molar-refractivity contribution in [1.82, 2.24) is 4.90 Å². The fourth-order valence-corrected chi connectivity index (χ4v) is 3.60. The highest BCUT2D eigenvalue weighted by Crippen LogP contribution is 2.37. The first kappa shape index (κ1) is 15.7. The van der Waals surface area contributed by atoms with E-state index in [4.69, 9.17) is 14.6 Å². The lowest BCUT2D eigenvalue weighted by Gasteiger charge is -2.21. The first-order valence-electron chi connectivity index (χ1n) is 8.24. The summed E-state index contributed by atoms with van der Waals surface area (Å²) in [7, 11) is 0. The molecule has 1 N–H and O–H groups in total. The highest BCUT2D eigenvalue weighted by molar-refractivity contribution is 6.00. The molecular formula is C17H18N2O6. The number of hydrogen-bond acceptors (Lipinski definition) is 5. The molecule has 0 saturated carbocycles. The van der Waals surface area contributed by atoms with Gasteiger partial charge < -0.3 is 24.4 Å². The van der Waals surface area contributed by atoms with Gasteiger partial charge in [-0.15, -0.1) is 0 Å². The Kier molecular flexibility index (Phi) is 3.74. The van der Waals surface area contributed by atoms with E-state index >= 15 is 0 Å². The zero-order valence-corrected chi connectivity index (χ0v) is 13.5. The summed E-state index contributed by atoms with van der Waals surface area (Å²) < 4.78 is 10.6. The number of nitrogens with zero attached hydrogens (tertiary/aromatic N) is 2. The first-order valence-corrected chi connectivity index (χ1v) is 8.24. The van der Waals surface area contributed by atoms with Crippen molar-refractivity contribution >= 4 is 23.5 Å². The predicted molar refractivity (Wildman–Crippen MR) is 85.3 cm³/mol. The molecule has 0 radical (unpaired) electrons. The van der Waals surface area contributed by atoms with Crippen molar-refractivity contribution in [3.05, 3.63) is 18.2 Å². The van der Waals surface area contributed by atoms with Gasteiger partial charge in [0.2, 0.25) is 18.6 Å². The molecule has 8 heteroatoms. The van der Waals surface area contributed by atoms with Gasteiger partial charge in [-0.2, -0.15) is 0 Å². The molecule has 0 spiro atoms. The van der Waals surface area contributed by atoms with Gasteiger partial charge in [0.25, 0.3) is 0 Å². The van der Waals surface area contributed by atoms with Crippen LogP contribution in [0.15, 0.2) is 18.2 Å². The second-order valence-electron chi connectivity index (χ2n) is 6.55. The summed E-state index contributed by atoms with van der Waals surface area (Å²) >= 11 is 0. The Labute approximate surface area is 143 Å². The third kappa shape index (κ3) is 2.77. The van der Waals surface area contributed by atoms with Gasteiger partial charge in [0.1, 0.15) is 0 Å². The number of likely N-dealkylation sites (tertiary alicyclic amines) is 1. The van der Waals surface area contributed by atoms with E-state index in [1.807, 2.05) is 0 Å². The smallest absolute Gasteiger partial charge is 0.308 e. The van der Waals surface area contributed by atoms with E-state index in [2.05, 4.69) is 0 Å². The van der Waals surface area contributed by atoms with Crippen molar-refractivity contribution in [2.45, 2.75) is 12.8 Å². The van der Waals surface area contributed by atoms with Crippen LogP contribution in [0.5, 0.6) is 11.5 Å². The minimum absolute atomic E-state index is 0.119. The largest absolute Gasteiger partial charge is 0.481 e. The van der Waals surface area contributed by atoms with Crippen molar-refractivity contribution in [3.63, 3.8) is 0 Å². The molecule has 3 heterocycles. The third-order valence-electron chi connectivity index (χ3n) is 4.99. The molecule has 4 rings (SSSR count). The molecule has 1 aromatic carbocycles. The average Bonchev–Trinajstić information content (AvgIpc) is 3.32. The zero-order chi connectivity index (χ0) is 17.6. The number of rotatable bonds is 3. The number of hydrogen-bond donors (Lipinski definition) is 1. The summed E-state index contributed by atoms with van der Waals surface area (Å²) in [5.41, 5.74) is 0.675. The molecule has 25 heavy (non-hydrogen) atoms. The van der Waals surface area contributed by atoms with E-state index in [-0.39, 0.29) is 31.6 Å². The molecule has 2 fully saturated rings. The fourth-order valence-electron chi connectivity index (χ4n) is 3.60. The van der Waals surface area contributed by atoms with E-state index in [1.165, 1.54) is 0 Å². The topological polar surface area (TPSA) is 96.4 Å². The van der Waals surface area contributed by atoms with Crippen molar-refractivity contribution in [1.29, 1.82) is 0 Å². The van der Waals surface area contributed by atoms with E-state index < -0.39 is 17.8 Å². The van der Waals surface area contributed by atoms with Crippen LogP contribution in [0.2, 0.25) is 0 Å². The van der Waals surface area contributed by atoms with Gasteiger partial charge in [0, 0.05) is 37.8 Å². The summed E-state index contributed by atoms with van der Waals surface area (Å²) in [6.07, 6.45) is 0.606. The number of amides is 2. The summed E-state index contributed by atoms with van der Waals surface area (Å²) in [4.78, 5) is 39.2. The molecule has 2 saturated heterocycles. The molecule has 0 bridgehead atoms. The third-order valence-corrected chi connectivity index (χ3v) is 4.99. The van der Waals surface area contributed by atoms with Crippen molar-refractivity contribution < 1.29 is 29.0 Å². The number of carbonyl (C=O) groups is 3. The quantitative estimate of drug-likeness (QED) is 0.865. The summed E-state index contributed by atoms with van der Waals surface area (Å²) in [5.74, 6) is -0.855. The SMILES string of the molecule is O=C(O)C1CCN(C(=O)C2CC(=O)N(c3ccc4c(c3)OCO4)C2)C1. The Morgan fingerprint density at radius 2 is 1.92 bits per heavy atom. The number of benzene rings is 1. The maximum absolute atomic E-state index is 12.6. The van der Waals surface area contributed by atoms with Crippen LogP contribution in [0, 0.1) is 11.8 Å². The lowest BCUT2D eigenvalue weighted by molar-refractivity contribution is -0.141. The number of carboxylic acids is 1. The Bertz CT molecular complexity index is 749. The summed E-state index contributed by atoms with van der Waals surface area (Å²) in [5, 5.41) is 9.07. The van der Waals surface area contributed by atoms with Gasteiger partial charge in [-0.1, -0.05) is 0 Å². The number of carbonyl (C=O) groups excluding carboxylic acids is 2. The molecule has 8 nitrogen and oxygen atoms in total. The van der Waals surface area contributed by atoms with Crippen LogP contribution in [0.3, 0.4) is 0 Å². The molecular weight excluding hydrogens is 328 g/mol. The van der Waals surface area contributed by atoms with Crippen molar-refractivity contribution in [2.75, 3.05) is 31.3 Å². The van der Waals surface area contributed by atoms with Gasteiger partial charge in [0.15, 0.2) is 11.5 Å². The fraction of sp³-hybridized carbons (Fsp3) is 0.471. The molecule has 132 valence electrons. The highest BCUT2D eigenvalue weighted by atomic mass is 16.7. The van der Waals surface area contributed by atoms with Crippen molar-refractivity contribution in [3.8, 4) is 11.5 Å². The molecule has 0 aliphatic carbocycles. The van der Waals surface area contributed by atoms with E-state index in [1.54, 1.807) is 28.0 Å². The van der Waals surface area contributed by atoms with Gasteiger partial charge in [-0.05, 0) is 18.6 Å². The maximum atomic E-state index is 12.6. The van der Waals surface area contributed by atoms with Gasteiger partial charge in [0.05, 0.1) is 11.8 Å². The highest BCUT2D eigenvalue weighted by Gasteiger charge is 2.40. The van der Waals surface area contributed by atoms with E-state index in [0.29, 0.717) is 36.7 Å².